The Hall–Kier alpha value is -9.05. The lowest BCUT2D eigenvalue weighted by molar-refractivity contribution is -0.142. The van der Waals surface area contributed by atoms with Crippen molar-refractivity contribution in [1.29, 1.82) is 0 Å². The number of imidazole rings is 1. The lowest BCUT2D eigenvalue weighted by atomic mass is 9.99. The Balaban J connectivity index is 1.74. The van der Waals surface area contributed by atoms with E-state index in [4.69, 9.17) is 17.2 Å². The van der Waals surface area contributed by atoms with Crippen LogP contribution >= 0.6 is 11.8 Å². The predicted molar refractivity (Wildman–Crippen MR) is 360 cm³/mol. The summed E-state index contributed by atoms with van der Waals surface area (Å²) >= 11 is 1.34. The molecule has 20 N–H and O–H groups in total. The van der Waals surface area contributed by atoms with Crippen LogP contribution in [0, 0.1) is 23.7 Å². The van der Waals surface area contributed by atoms with Gasteiger partial charge in [-0.25, -0.2) is 4.98 Å². The number of carbonyl (C=O) groups excluding carboxylic acids is 12. The minimum absolute atomic E-state index is 0.00113. The van der Waals surface area contributed by atoms with Crippen LogP contribution in [0.2, 0.25) is 0 Å². The number of carbonyl (C=O) groups is 14. The molecule has 2 aliphatic heterocycles. The first-order valence-electron chi connectivity index (χ1n) is 33.0. The van der Waals surface area contributed by atoms with Gasteiger partial charge in [-0.05, 0) is 80.7 Å². The van der Waals surface area contributed by atoms with E-state index in [1.54, 1.807) is 71.9 Å². The van der Waals surface area contributed by atoms with E-state index in [1.165, 1.54) is 24.3 Å². The van der Waals surface area contributed by atoms with Crippen LogP contribution in [0.4, 0.5) is 0 Å². The quantitative estimate of drug-likeness (QED) is 0.0402. The number of aliphatic carboxylic acids is 2. The Morgan fingerprint density at radius 1 is 0.684 bits per heavy atom. The van der Waals surface area contributed by atoms with E-state index in [1.807, 2.05) is 13.8 Å². The molecule has 34 heteroatoms. The molecule has 0 saturated carbocycles. The molecule has 0 radical (unpaired) electrons. The summed E-state index contributed by atoms with van der Waals surface area (Å²) in [5.74, 6) is -15.6. The first-order chi connectivity index (χ1) is 46.3. The van der Waals surface area contributed by atoms with Gasteiger partial charge in [-0.15, -0.1) is 11.8 Å². The van der Waals surface area contributed by atoms with Gasteiger partial charge < -0.3 is 90.9 Å². The summed E-state index contributed by atoms with van der Waals surface area (Å²) in [6.45, 7) is 13.7. The number of nitrogens with one attached hydrogen (secondary N) is 12. The lowest BCUT2D eigenvalue weighted by Gasteiger charge is -2.30. The molecule has 1 fully saturated rings. The highest BCUT2D eigenvalue weighted by Gasteiger charge is 2.39. The Labute approximate surface area is 573 Å². The van der Waals surface area contributed by atoms with E-state index >= 15 is 0 Å². The van der Waals surface area contributed by atoms with Gasteiger partial charge in [-0.1, -0.05) is 92.1 Å². The highest BCUT2D eigenvalue weighted by molar-refractivity contribution is 8.14. The molecule has 12 amide bonds. The van der Waals surface area contributed by atoms with Gasteiger partial charge in [0.15, 0.2) is 0 Å². The largest absolute Gasteiger partial charge is 0.481 e. The van der Waals surface area contributed by atoms with Crippen LogP contribution in [-0.4, -0.2) is 199 Å². The number of primary amides is 1. The minimum Gasteiger partial charge on any atom is -0.481 e. The van der Waals surface area contributed by atoms with E-state index < -0.39 is 193 Å². The molecule has 1 saturated heterocycles. The molecule has 0 aliphatic carbocycles. The van der Waals surface area contributed by atoms with Crippen molar-refractivity contribution in [3.63, 3.8) is 0 Å². The summed E-state index contributed by atoms with van der Waals surface area (Å²) in [6.07, 6.45) is -0.181. The molecule has 2 aromatic rings. The van der Waals surface area contributed by atoms with Gasteiger partial charge in [0.05, 0.1) is 30.3 Å². The number of carboxylic acids is 2. The molecule has 13 unspecified atom stereocenters. The molecule has 0 bridgehead atoms. The average molecular weight is 1390 g/mol. The summed E-state index contributed by atoms with van der Waals surface area (Å²) < 4.78 is 0. The topological polar surface area (TPSA) is 531 Å². The molecule has 3 heterocycles. The second-order valence-electron chi connectivity index (χ2n) is 25.7. The van der Waals surface area contributed by atoms with E-state index in [0.29, 0.717) is 16.3 Å². The predicted octanol–water partition coefficient (Wildman–Crippen LogP) is -2.46. The van der Waals surface area contributed by atoms with Crippen LogP contribution in [-0.2, 0) is 80.0 Å². The van der Waals surface area contributed by atoms with Crippen molar-refractivity contribution in [1.82, 2.24) is 68.5 Å². The van der Waals surface area contributed by atoms with Gasteiger partial charge >= 0.3 is 11.9 Å². The SMILES string of the molecule is CCC(C)C(N)C1=NC(C(=O)NC(CC(C)C)C(=O)NC(CCC(=O)O)C(=O)NC(C(=O)NC2CCCCNC(=O)C(CC(N)=O)NC(=O)C(CC(=O)O)NC(=O)C(Cc3cnc[nH]3)NC(=O)C(Cc3ccccc3)NC(=O)C(C(C)C)NC(=O)C(CCCN)NC2=O)C(C)C)CS1. The molecule has 4 rings (SSSR count). The van der Waals surface area contributed by atoms with Gasteiger partial charge in [0, 0.05) is 43.5 Å². The van der Waals surface area contributed by atoms with Crippen LogP contribution in [0.25, 0.3) is 0 Å². The van der Waals surface area contributed by atoms with Crippen LogP contribution in [0.3, 0.4) is 0 Å². The number of aromatic amines is 1. The zero-order valence-corrected chi connectivity index (χ0v) is 57.6. The molecule has 2 aliphatic rings. The van der Waals surface area contributed by atoms with Crippen molar-refractivity contribution in [2.45, 2.75) is 211 Å². The third kappa shape index (κ3) is 27.1. The summed E-state index contributed by atoms with van der Waals surface area (Å²) in [5.41, 5.74) is 18.6. The number of hydrogen-bond acceptors (Lipinski definition) is 19. The normalized spacial score (nSPS) is 22.8. The fourth-order valence-corrected chi connectivity index (χ4v) is 11.7. The van der Waals surface area contributed by atoms with Crippen LogP contribution in [0.1, 0.15) is 137 Å². The Bertz CT molecular complexity index is 3120. The molecule has 1 aromatic heterocycles. The minimum atomic E-state index is -1.94. The first-order valence-corrected chi connectivity index (χ1v) is 34.0. The number of amides is 12. The number of carboxylic acid groups (broad SMARTS) is 2. The second kappa shape index (κ2) is 40.6. The van der Waals surface area contributed by atoms with Crippen molar-refractivity contribution in [2.75, 3.05) is 18.8 Å². The fraction of sp³-hybridized carbons (Fsp3) is 0.625. The Morgan fingerprint density at radius 2 is 1.29 bits per heavy atom. The number of hydrogen-bond donors (Lipinski definition) is 17. The van der Waals surface area contributed by atoms with Crippen LogP contribution in [0.15, 0.2) is 47.8 Å². The molecular weight excluding hydrogens is 1290 g/mol. The zero-order valence-electron chi connectivity index (χ0n) is 56.7. The number of nitrogens with two attached hydrogens (primary N) is 3. The van der Waals surface area contributed by atoms with Crippen LogP contribution in [0.5, 0.6) is 0 Å². The smallest absolute Gasteiger partial charge is 0.305 e. The number of nitrogens with zero attached hydrogens (tertiary/aromatic N) is 2. The summed E-state index contributed by atoms with van der Waals surface area (Å²) in [5, 5.41) is 48.7. The molecule has 33 nitrogen and oxygen atoms in total. The monoisotopic (exact) mass is 1390 g/mol. The summed E-state index contributed by atoms with van der Waals surface area (Å²) in [6, 6.07) is -8.40. The van der Waals surface area contributed by atoms with Crippen molar-refractivity contribution >= 4 is 99.6 Å². The van der Waals surface area contributed by atoms with Gasteiger partial charge in [-0.2, -0.15) is 0 Å². The second-order valence-corrected chi connectivity index (χ2v) is 26.7. The van der Waals surface area contributed by atoms with E-state index in [0.717, 1.165) is 6.42 Å². The van der Waals surface area contributed by atoms with Crippen molar-refractivity contribution in [3.05, 3.63) is 54.1 Å². The molecule has 0 spiro atoms. The van der Waals surface area contributed by atoms with Gasteiger partial charge in [-0.3, -0.25) is 72.1 Å². The fourth-order valence-electron chi connectivity index (χ4n) is 10.5. The third-order valence-electron chi connectivity index (χ3n) is 16.4. The van der Waals surface area contributed by atoms with Gasteiger partial charge in [0.25, 0.3) is 0 Å². The molecule has 542 valence electrons. The number of aromatic nitrogens is 2. The molecular formula is C64H99N17O16S. The maximum Gasteiger partial charge on any atom is 0.305 e. The number of thioether (sulfide) groups is 1. The highest BCUT2D eigenvalue weighted by atomic mass is 32.2. The van der Waals surface area contributed by atoms with Gasteiger partial charge in [0.2, 0.25) is 70.9 Å². The Morgan fingerprint density at radius 3 is 1.87 bits per heavy atom. The van der Waals surface area contributed by atoms with E-state index in [9.17, 15) is 77.3 Å². The zero-order chi connectivity index (χ0) is 72.9. The van der Waals surface area contributed by atoms with Crippen molar-refractivity contribution in [3.8, 4) is 0 Å². The standard InChI is InChI=1S/C64H99N17O16S/c1-9-35(8)50(67)64-79-46(30-98-64)61(95)74-41(24-32(2)3)57(91)72-40(20-21-48(83)84)56(90)81-51(33(4)5)62(96)73-38-18-13-14-23-69-53(87)44(27-47(66)82)76-60(94)45(28-49(85)86)77-59(93)43(26-37-29-68-31-70-37)75-58(92)42(25-36-16-11-10-12-17-36)78-63(97)52(34(6)7)80-55(89)39(19-15-22-65)71-54(38)88/h10-12,16-17,29,31-35,38-46,50-52H,9,13-15,18-28,30,65,67H2,1-8H3,(H2,66,82)(H,68,70)(H,69,87)(H,71,88)(H,72,91)(H,73,96)(H,74,95)(H,75,92)(H,76,94)(H,77,93)(H,78,97)(H,80,89)(H,81,90)(H,83,84)(H,85,86). The van der Waals surface area contributed by atoms with E-state index in [-0.39, 0.29) is 82.0 Å². The third-order valence-corrected chi connectivity index (χ3v) is 17.5. The molecule has 13 atom stereocenters. The maximum absolute atomic E-state index is 14.8. The van der Waals surface area contributed by atoms with Crippen molar-refractivity contribution in [2.24, 2.45) is 45.9 Å². The number of aliphatic imine (C=N–C) groups is 1. The van der Waals surface area contributed by atoms with E-state index in [2.05, 4.69) is 73.4 Å². The van der Waals surface area contributed by atoms with Crippen molar-refractivity contribution < 1.29 is 77.3 Å². The number of H-pyrrole nitrogens is 1. The Kier molecular flexibility index (Phi) is 33.7. The summed E-state index contributed by atoms with van der Waals surface area (Å²) in [7, 11) is 0. The molecule has 98 heavy (non-hydrogen) atoms. The van der Waals surface area contributed by atoms with Crippen LogP contribution < -0.4 is 75.7 Å². The van der Waals surface area contributed by atoms with Gasteiger partial charge in [0.1, 0.15) is 66.5 Å². The highest BCUT2D eigenvalue weighted by Crippen LogP contribution is 2.24. The molecule has 1 aromatic carbocycles. The first kappa shape index (κ1) is 81.4. The summed E-state index contributed by atoms with van der Waals surface area (Å²) in [4.78, 5) is 205. The lowest BCUT2D eigenvalue weighted by Crippen LogP contribution is -2.62. The number of benzene rings is 1. The average Bonchev–Trinajstić information content (AvgIpc) is 1.89. The maximum atomic E-state index is 14.8. The number of rotatable bonds is 29.